The van der Waals surface area contributed by atoms with Crippen molar-refractivity contribution in [2.75, 3.05) is 0 Å². The first-order valence-corrected chi connectivity index (χ1v) is 10.5. The van der Waals surface area contributed by atoms with Gasteiger partial charge in [0.2, 0.25) is 0 Å². The fourth-order valence-electron chi connectivity index (χ4n) is 3.82. The molecule has 3 aromatic carbocycles. The second-order valence-electron chi connectivity index (χ2n) is 9.10. The molecule has 4 rings (SSSR count). The van der Waals surface area contributed by atoms with Crippen LogP contribution in [0, 0.1) is 0 Å². The zero-order valence-corrected chi connectivity index (χ0v) is 18.3. The maximum Gasteiger partial charge on any atom is 0.147 e. The van der Waals surface area contributed by atoms with E-state index in [0.717, 1.165) is 34.1 Å². The van der Waals surface area contributed by atoms with E-state index in [9.17, 15) is 5.11 Å². The summed E-state index contributed by atoms with van der Waals surface area (Å²) in [5.41, 5.74) is 4.99. The highest BCUT2D eigenvalue weighted by Gasteiger charge is 2.31. The minimum absolute atomic E-state index is 0.0451. The van der Waals surface area contributed by atoms with E-state index in [2.05, 4.69) is 63.0 Å². The highest BCUT2D eigenvalue weighted by Crippen LogP contribution is 2.43. The Morgan fingerprint density at radius 3 is 1.93 bits per heavy atom. The summed E-state index contributed by atoms with van der Waals surface area (Å²) >= 11 is 0. The van der Waals surface area contributed by atoms with Gasteiger partial charge in [-0.1, -0.05) is 83.1 Å². The van der Waals surface area contributed by atoms with Gasteiger partial charge < -0.3 is 5.11 Å². The molecule has 0 atom stereocenters. The maximum atomic E-state index is 11.4. The lowest BCUT2D eigenvalue weighted by atomic mass is 9.74. The van der Waals surface area contributed by atoms with Gasteiger partial charge in [0.05, 0.1) is 0 Å². The van der Waals surface area contributed by atoms with Gasteiger partial charge in [0, 0.05) is 11.0 Å². The monoisotopic (exact) mass is 399 g/mol. The molecule has 0 radical (unpaired) electrons. The number of aromatic hydroxyl groups is 1. The summed E-state index contributed by atoms with van der Waals surface area (Å²) in [6.45, 7) is 11.0. The Morgan fingerprint density at radius 1 is 0.800 bits per heavy atom. The highest BCUT2D eigenvalue weighted by molar-refractivity contribution is 5.74. The van der Waals surface area contributed by atoms with Crippen molar-refractivity contribution in [3.63, 3.8) is 0 Å². The molecule has 30 heavy (non-hydrogen) atoms. The molecule has 0 spiro atoms. The minimum Gasteiger partial charge on any atom is -0.505 e. The van der Waals surface area contributed by atoms with Crippen molar-refractivity contribution in [3.05, 3.63) is 83.4 Å². The fourth-order valence-corrected chi connectivity index (χ4v) is 3.82. The Balaban J connectivity index is 1.99. The zero-order chi connectivity index (χ0) is 21.5. The molecule has 1 N–H and O–H groups in total. The lowest BCUT2D eigenvalue weighted by Gasteiger charge is -2.31. The van der Waals surface area contributed by atoms with Crippen molar-refractivity contribution in [3.8, 4) is 11.4 Å². The molecule has 4 heteroatoms. The molecule has 0 aliphatic carbocycles. The topological polar surface area (TPSA) is 50.9 Å². The molecular formula is C26H29N3O. The Bertz CT molecular complexity index is 1160. The number of hydrogen-bond acceptors (Lipinski definition) is 3. The minimum atomic E-state index is -0.382. The lowest BCUT2D eigenvalue weighted by Crippen LogP contribution is -2.23. The molecular weight excluding hydrogens is 370 g/mol. The number of nitrogens with zero attached hydrogens (tertiary/aromatic N) is 3. The van der Waals surface area contributed by atoms with E-state index in [1.54, 1.807) is 4.80 Å². The van der Waals surface area contributed by atoms with Gasteiger partial charge in [0.15, 0.2) is 0 Å². The van der Waals surface area contributed by atoms with Crippen LogP contribution in [-0.4, -0.2) is 20.1 Å². The SMILES string of the molecule is CCC(C)(C)c1cc(-n2nc3ccccc3n2)c(O)c(C(C)(C)c2ccccc2)c1. The van der Waals surface area contributed by atoms with Crippen LogP contribution in [-0.2, 0) is 10.8 Å². The summed E-state index contributed by atoms with van der Waals surface area (Å²) in [5.74, 6) is 0.222. The molecule has 0 aliphatic rings. The Hall–Kier alpha value is -3.14. The highest BCUT2D eigenvalue weighted by atomic mass is 16.3. The molecule has 0 saturated heterocycles. The lowest BCUT2D eigenvalue weighted by molar-refractivity contribution is 0.442. The summed E-state index contributed by atoms with van der Waals surface area (Å²) < 4.78 is 0. The number of hydrogen-bond donors (Lipinski definition) is 1. The van der Waals surface area contributed by atoms with Gasteiger partial charge in [-0.3, -0.25) is 0 Å². The Kier molecular flexibility index (Phi) is 4.89. The van der Waals surface area contributed by atoms with Gasteiger partial charge in [-0.05, 0) is 41.2 Å². The van der Waals surface area contributed by atoms with Gasteiger partial charge in [0.1, 0.15) is 22.5 Å². The van der Waals surface area contributed by atoms with E-state index in [1.807, 2.05) is 48.5 Å². The smallest absolute Gasteiger partial charge is 0.147 e. The second-order valence-corrected chi connectivity index (χ2v) is 9.10. The number of rotatable bonds is 5. The van der Waals surface area contributed by atoms with Crippen LogP contribution in [0.3, 0.4) is 0 Å². The first-order chi connectivity index (χ1) is 14.2. The van der Waals surface area contributed by atoms with Crippen molar-refractivity contribution in [1.29, 1.82) is 0 Å². The summed E-state index contributed by atoms with van der Waals surface area (Å²) in [5, 5.41) is 20.7. The number of phenolic OH excluding ortho intramolecular Hbond substituents is 1. The Labute approximate surface area is 178 Å². The standard InChI is InChI=1S/C26H29N3O/c1-6-25(2,3)19-16-20(26(4,5)18-12-8-7-9-13-18)24(30)23(17-19)29-27-21-14-10-11-15-22(21)28-29/h7-17,30H,6H2,1-5H3. The quantitative estimate of drug-likeness (QED) is 0.438. The van der Waals surface area contributed by atoms with E-state index in [0.29, 0.717) is 5.69 Å². The third kappa shape index (κ3) is 3.36. The third-order valence-corrected chi connectivity index (χ3v) is 6.43. The van der Waals surface area contributed by atoms with Gasteiger partial charge in [-0.25, -0.2) is 0 Å². The number of aromatic nitrogens is 3. The molecule has 154 valence electrons. The fraction of sp³-hybridized carbons (Fsp3) is 0.308. The number of fused-ring (bicyclic) bond motifs is 1. The maximum absolute atomic E-state index is 11.4. The van der Waals surface area contributed by atoms with E-state index in [4.69, 9.17) is 0 Å². The van der Waals surface area contributed by atoms with E-state index in [-0.39, 0.29) is 16.6 Å². The van der Waals surface area contributed by atoms with Crippen molar-refractivity contribution < 1.29 is 5.11 Å². The van der Waals surface area contributed by atoms with Gasteiger partial charge in [-0.2, -0.15) is 0 Å². The van der Waals surface area contributed by atoms with E-state index < -0.39 is 0 Å². The van der Waals surface area contributed by atoms with Gasteiger partial charge >= 0.3 is 0 Å². The van der Waals surface area contributed by atoms with Crippen LogP contribution >= 0.6 is 0 Å². The van der Waals surface area contributed by atoms with Crippen LogP contribution in [0.25, 0.3) is 16.7 Å². The van der Waals surface area contributed by atoms with Crippen molar-refractivity contribution in [2.45, 2.75) is 51.9 Å². The van der Waals surface area contributed by atoms with E-state index in [1.165, 1.54) is 0 Å². The molecule has 0 aliphatic heterocycles. The van der Waals surface area contributed by atoms with Crippen molar-refractivity contribution in [2.24, 2.45) is 0 Å². The molecule has 0 amide bonds. The van der Waals surface area contributed by atoms with Crippen LogP contribution in [0.4, 0.5) is 0 Å². The number of phenols is 1. The number of benzene rings is 3. The van der Waals surface area contributed by atoms with Gasteiger partial charge in [-0.15, -0.1) is 15.0 Å². The molecule has 4 nitrogen and oxygen atoms in total. The summed E-state index contributed by atoms with van der Waals surface area (Å²) in [7, 11) is 0. The van der Waals surface area contributed by atoms with Crippen molar-refractivity contribution >= 4 is 11.0 Å². The van der Waals surface area contributed by atoms with Crippen LogP contribution in [0.2, 0.25) is 0 Å². The predicted molar refractivity (Wildman–Crippen MR) is 122 cm³/mol. The van der Waals surface area contributed by atoms with Crippen molar-refractivity contribution in [1.82, 2.24) is 15.0 Å². The third-order valence-electron chi connectivity index (χ3n) is 6.43. The van der Waals surface area contributed by atoms with Crippen LogP contribution in [0.5, 0.6) is 5.75 Å². The second kappa shape index (κ2) is 7.28. The molecule has 0 fully saturated rings. The molecule has 1 heterocycles. The van der Waals surface area contributed by atoms with Crippen LogP contribution in [0.15, 0.2) is 66.7 Å². The zero-order valence-electron chi connectivity index (χ0n) is 18.3. The van der Waals surface area contributed by atoms with Crippen LogP contribution in [0.1, 0.15) is 57.7 Å². The van der Waals surface area contributed by atoms with Gasteiger partial charge in [0.25, 0.3) is 0 Å². The Morgan fingerprint density at radius 2 is 1.37 bits per heavy atom. The summed E-state index contributed by atoms with van der Waals surface area (Å²) in [4.78, 5) is 1.57. The molecule has 0 unspecified atom stereocenters. The first-order valence-electron chi connectivity index (χ1n) is 10.5. The average molecular weight is 400 g/mol. The average Bonchev–Trinajstić information content (AvgIpc) is 3.18. The molecule has 0 saturated carbocycles. The largest absolute Gasteiger partial charge is 0.505 e. The predicted octanol–water partition coefficient (Wildman–Crippen LogP) is 6.14. The molecule has 4 aromatic rings. The summed E-state index contributed by atoms with van der Waals surface area (Å²) in [6.07, 6.45) is 0.983. The molecule has 0 bridgehead atoms. The van der Waals surface area contributed by atoms with Crippen LogP contribution < -0.4 is 0 Å². The normalized spacial score (nSPS) is 12.4. The molecule has 1 aromatic heterocycles. The summed E-state index contributed by atoms with van der Waals surface area (Å²) in [6, 6.07) is 22.3. The van der Waals surface area contributed by atoms with E-state index >= 15 is 0 Å². The first kappa shape index (κ1) is 20.1.